The Morgan fingerprint density at radius 1 is 1.50 bits per heavy atom. The molecule has 78 valence electrons. The van der Waals surface area contributed by atoms with Crippen LogP contribution in [0.1, 0.15) is 13.8 Å². The third kappa shape index (κ3) is 4.44. The summed E-state index contributed by atoms with van der Waals surface area (Å²) in [5, 5.41) is 3.70. The molecule has 0 aliphatic rings. The van der Waals surface area contributed by atoms with Gasteiger partial charge < -0.3 is 10.1 Å². The Morgan fingerprint density at radius 2 is 2.29 bits per heavy atom. The summed E-state index contributed by atoms with van der Waals surface area (Å²) in [7, 11) is 0. The summed E-state index contributed by atoms with van der Waals surface area (Å²) in [6.07, 6.45) is 0. The molecule has 0 saturated carbocycles. The van der Waals surface area contributed by atoms with Crippen LogP contribution in [0.25, 0.3) is 0 Å². The molecule has 0 saturated heterocycles. The van der Waals surface area contributed by atoms with Crippen LogP contribution in [0.3, 0.4) is 0 Å². The van der Waals surface area contributed by atoms with Gasteiger partial charge >= 0.3 is 0 Å². The van der Waals surface area contributed by atoms with Gasteiger partial charge in [-0.15, -0.1) is 0 Å². The van der Waals surface area contributed by atoms with E-state index in [0.29, 0.717) is 23.7 Å². The smallest absolute Gasteiger partial charge is 0.214 e. The van der Waals surface area contributed by atoms with Gasteiger partial charge in [-0.05, 0) is 6.07 Å². The summed E-state index contributed by atoms with van der Waals surface area (Å²) < 4.78 is 5.38. The number of rotatable bonds is 5. The first-order valence-electron chi connectivity index (χ1n) is 4.67. The average molecular weight is 215 g/mol. The lowest BCUT2D eigenvalue weighted by Gasteiger charge is -2.08. The minimum Gasteiger partial charge on any atom is -0.476 e. The molecule has 0 atom stereocenters. The number of hydrogen-bond donors (Lipinski definition) is 1. The predicted octanol–water partition coefficient (Wildman–Crippen LogP) is 2.11. The molecule has 3 nitrogen and oxygen atoms in total. The monoisotopic (exact) mass is 214 g/mol. The maximum atomic E-state index is 5.70. The maximum absolute atomic E-state index is 5.70. The van der Waals surface area contributed by atoms with Gasteiger partial charge in [-0.3, -0.25) is 0 Å². The Balaban J connectivity index is 2.25. The fourth-order valence-corrected chi connectivity index (χ4v) is 1.13. The fraction of sp³-hybridized carbons (Fsp3) is 0.500. The van der Waals surface area contributed by atoms with Crippen molar-refractivity contribution in [1.29, 1.82) is 0 Å². The van der Waals surface area contributed by atoms with E-state index in [-0.39, 0.29) is 0 Å². The van der Waals surface area contributed by atoms with Gasteiger partial charge in [0.15, 0.2) is 0 Å². The highest BCUT2D eigenvalue weighted by Gasteiger charge is 1.96. The van der Waals surface area contributed by atoms with Gasteiger partial charge in [0.2, 0.25) is 5.88 Å². The van der Waals surface area contributed by atoms with E-state index < -0.39 is 0 Å². The molecule has 0 bridgehead atoms. The van der Waals surface area contributed by atoms with Gasteiger partial charge in [-0.25, -0.2) is 4.98 Å². The third-order valence-electron chi connectivity index (χ3n) is 1.59. The Bertz CT molecular complexity index is 279. The molecule has 0 aromatic carbocycles. The Labute approximate surface area is 89.4 Å². The zero-order valence-electron chi connectivity index (χ0n) is 8.46. The second-order valence-corrected chi connectivity index (χ2v) is 3.64. The van der Waals surface area contributed by atoms with Crippen LogP contribution in [0, 0.1) is 0 Å². The highest BCUT2D eigenvalue weighted by molar-refractivity contribution is 6.29. The van der Waals surface area contributed by atoms with E-state index in [1.807, 2.05) is 6.07 Å². The zero-order chi connectivity index (χ0) is 10.4. The number of aromatic nitrogens is 1. The van der Waals surface area contributed by atoms with Gasteiger partial charge in [0.25, 0.3) is 0 Å². The number of ether oxygens (including phenoxy) is 1. The van der Waals surface area contributed by atoms with E-state index in [2.05, 4.69) is 24.1 Å². The van der Waals surface area contributed by atoms with Crippen LogP contribution in [0.5, 0.6) is 5.88 Å². The normalized spacial score (nSPS) is 10.6. The number of hydrogen-bond acceptors (Lipinski definition) is 3. The topological polar surface area (TPSA) is 34.1 Å². The standard InChI is InChI=1S/C10H15ClN2O/c1-8(2)12-6-7-14-10-5-3-4-9(11)13-10/h3-5,8,12H,6-7H2,1-2H3. The number of pyridine rings is 1. The molecule has 1 N–H and O–H groups in total. The highest BCUT2D eigenvalue weighted by Crippen LogP contribution is 2.10. The van der Waals surface area contributed by atoms with Crippen LogP contribution >= 0.6 is 11.6 Å². The van der Waals surface area contributed by atoms with Crippen molar-refractivity contribution in [2.75, 3.05) is 13.2 Å². The van der Waals surface area contributed by atoms with Crippen molar-refractivity contribution in [3.05, 3.63) is 23.4 Å². The van der Waals surface area contributed by atoms with Crippen molar-refractivity contribution in [3.63, 3.8) is 0 Å². The molecular weight excluding hydrogens is 200 g/mol. The second kappa shape index (κ2) is 5.83. The SMILES string of the molecule is CC(C)NCCOc1cccc(Cl)n1. The molecule has 1 rings (SSSR count). The minimum absolute atomic E-state index is 0.458. The van der Waals surface area contributed by atoms with Crippen LogP contribution in [0.2, 0.25) is 5.15 Å². The van der Waals surface area contributed by atoms with Gasteiger partial charge in [0, 0.05) is 18.7 Å². The van der Waals surface area contributed by atoms with E-state index in [4.69, 9.17) is 16.3 Å². The molecular formula is C10H15ClN2O. The minimum atomic E-state index is 0.458. The van der Waals surface area contributed by atoms with Crippen molar-refractivity contribution >= 4 is 11.6 Å². The van der Waals surface area contributed by atoms with E-state index in [0.717, 1.165) is 6.54 Å². The molecule has 0 unspecified atom stereocenters. The largest absolute Gasteiger partial charge is 0.476 e. The van der Waals surface area contributed by atoms with E-state index in [1.165, 1.54) is 0 Å². The van der Waals surface area contributed by atoms with Gasteiger partial charge in [0.1, 0.15) is 11.8 Å². The Kier molecular flexibility index (Phi) is 4.70. The van der Waals surface area contributed by atoms with Crippen molar-refractivity contribution in [3.8, 4) is 5.88 Å². The lowest BCUT2D eigenvalue weighted by Crippen LogP contribution is -2.27. The molecule has 0 amide bonds. The number of nitrogens with zero attached hydrogens (tertiary/aromatic N) is 1. The lowest BCUT2D eigenvalue weighted by molar-refractivity contribution is 0.298. The van der Waals surface area contributed by atoms with Crippen LogP contribution in [0.15, 0.2) is 18.2 Å². The molecule has 1 aromatic heterocycles. The summed E-state index contributed by atoms with van der Waals surface area (Å²) in [6, 6.07) is 5.81. The summed E-state index contributed by atoms with van der Waals surface area (Å²) >= 11 is 5.70. The summed E-state index contributed by atoms with van der Waals surface area (Å²) in [4.78, 5) is 4.01. The molecule has 0 radical (unpaired) electrons. The average Bonchev–Trinajstić information content (AvgIpc) is 2.12. The molecule has 0 spiro atoms. The van der Waals surface area contributed by atoms with Gasteiger partial charge in [0.05, 0.1) is 0 Å². The van der Waals surface area contributed by atoms with Crippen molar-refractivity contribution in [2.24, 2.45) is 0 Å². The molecule has 0 aliphatic carbocycles. The molecule has 0 aliphatic heterocycles. The van der Waals surface area contributed by atoms with Gasteiger partial charge in [-0.1, -0.05) is 31.5 Å². The predicted molar refractivity (Wildman–Crippen MR) is 57.9 cm³/mol. The fourth-order valence-electron chi connectivity index (χ4n) is 0.973. The van der Waals surface area contributed by atoms with E-state index in [9.17, 15) is 0 Å². The van der Waals surface area contributed by atoms with E-state index in [1.54, 1.807) is 12.1 Å². The molecule has 1 aromatic rings. The zero-order valence-corrected chi connectivity index (χ0v) is 9.21. The van der Waals surface area contributed by atoms with Crippen LogP contribution in [-0.4, -0.2) is 24.2 Å². The molecule has 1 heterocycles. The summed E-state index contributed by atoms with van der Waals surface area (Å²) in [5.74, 6) is 0.572. The van der Waals surface area contributed by atoms with Crippen molar-refractivity contribution < 1.29 is 4.74 Å². The van der Waals surface area contributed by atoms with Gasteiger partial charge in [-0.2, -0.15) is 0 Å². The van der Waals surface area contributed by atoms with Crippen LogP contribution in [0.4, 0.5) is 0 Å². The molecule has 14 heavy (non-hydrogen) atoms. The summed E-state index contributed by atoms with van der Waals surface area (Å²) in [5.41, 5.74) is 0. The first-order valence-corrected chi connectivity index (χ1v) is 5.05. The number of nitrogens with one attached hydrogen (secondary N) is 1. The Hall–Kier alpha value is -0.800. The quantitative estimate of drug-likeness (QED) is 0.602. The van der Waals surface area contributed by atoms with E-state index >= 15 is 0 Å². The lowest BCUT2D eigenvalue weighted by atomic mass is 10.4. The van der Waals surface area contributed by atoms with Crippen molar-refractivity contribution in [1.82, 2.24) is 10.3 Å². The summed E-state index contributed by atoms with van der Waals surface area (Å²) in [6.45, 7) is 5.60. The third-order valence-corrected chi connectivity index (χ3v) is 1.80. The molecule has 4 heteroatoms. The highest BCUT2D eigenvalue weighted by atomic mass is 35.5. The second-order valence-electron chi connectivity index (χ2n) is 3.26. The Morgan fingerprint density at radius 3 is 2.93 bits per heavy atom. The maximum Gasteiger partial charge on any atom is 0.214 e. The van der Waals surface area contributed by atoms with Crippen LogP contribution in [-0.2, 0) is 0 Å². The first-order chi connectivity index (χ1) is 6.68. The van der Waals surface area contributed by atoms with Crippen LogP contribution < -0.4 is 10.1 Å². The molecule has 0 fully saturated rings. The first kappa shape index (κ1) is 11.3. The van der Waals surface area contributed by atoms with Crippen molar-refractivity contribution in [2.45, 2.75) is 19.9 Å². The number of halogens is 1.